The minimum Gasteiger partial charge on any atom is -0.406 e. The molecule has 0 amide bonds. The zero-order valence-corrected chi connectivity index (χ0v) is 28.5. The number of aryl methyl sites for hydroxylation is 2. The van der Waals surface area contributed by atoms with Crippen molar-refractivity contribution in [3.05, 3.63) is 161 Å². The zero-order chi connectivity index (χ0) is 38.4. The molecule has 0 bridgehead atoms. The van der Waals surface area contributed by atoms with Gasteiger partial charge < -0.3 is 9.47 Å². The summed E-state index contributed by atoms with van der Waals surface area (Å²) in [6.45, 7) is 11.7. The molecule has 1 aliphatic carbocycles. The molecule has 54 heavy (non-hydrogen) atoms. The molecule has 0 saturated carbocycles. The van der Waals surface area contributed by atoms with Crippen LogP contribution in [0, 0.1) is 31.8 Å². The second kappa shape index (κ2) is 13.6. The number of fused-ring (bicyclic) bond motifs is 3. The molecule has 0 N–H and O–H groups in total. The molecule has 266 valence electrons. The van der Waals surface area contributed by atoms with E-state index in [1.807, 2.05) is 68.4 Å². The summed E-state index contributed by atoms with van der Waals surface area (Å²) in [4.78, 5) is 3.43. The van der Waals surface area contributed by atoms with E-state index in [1.54, 1.807) is 30.3 Å². The highest BCUT2D eigenvalue weighted by Gasteiger charge is 2.35. The topological polar surface area (TPSA) is 46.6 Å². The van der Waals surface area contributed by atoms with Crippen molar-refractivity contribution in [1.29, 1.82) is 5.26 Å². The number of hydrogen-bond donors (Lipinski definition) is 0. The third-order valence-corrected chi connectivity index (χ3v) is 9.19. The molecule has 0 fully saturated rings. The van der Waals surface area contributed by atoms with Gasteiger partial charge in [0.2, 0.25) is 0 Å². The summed E-state index contributed by atoms with van der Waals surface area (Å²) < 4.78 is 88.1. The third-order valence-electron chi connectivity index (χ3n) is 9.19. The SMILES string of the molecule is [C-]#[N+]/C(C#N)=C1\c2cc(C)c(-c3ccc(-c4ccc(C)cc4)cc3)cc2-c2cc(-c3ccc(-c4ccc(OC(F)(F)F)cc4)cc3)c(OC(F)(F)F)cc21. The van der Waals surface area contributed by atoms with Crippen LogP contribution in [0.3, 0.4) is 0 Å². The molecule has 7 rings (SSSR count). The van der Waals surface area contributed by atoms with Gasteiger partial charge in [-0.2, -0.15) is 0 Å². The van der Waals surface area contributed by atoms with Crippen molar-refractivity contribution in [2.75, 3.05) is 0 Å². The van der Waals surface area contributed by atoms with Crippen molar-refractivity contribution >= 4 is 5.57 Å². The number of nitriles is 1. The van der Waals surface area contributed by atoms with Crippen molar-refractivity contribution < 1.29 is 35.8 Å². The van der Waals surface area contributed by atoms with Crippen molar-refractivity contribution in [2.24, 2.45) is 0 Å². The summed E-state index contributed by atoms with van der Waals surface area (Å²) in [6, 6.07) is 36.4. The van der Waals surface area contributed by atoms with E-state index in [9.17, 15) is 31.6 Å². The van der Waals surface area contributed by atoms with Gasteiger partial charge in [-0.1, -0.05) is 96.6 Å². The summed E-state index contributed by atoms with van der Waals surface area (Å²) in [5, 5.41) is 9.96. The Morgan fingerprint density at radius 1 is 0.537 bits per heavy atom. The Labute approximate surface area is 306 Å². The Hall–Kier alpha value is -6.78. The van der Waals surface area contributed by atoms with Gasteiger partial charge in [0.05, 0.1) is 12.6 Å². The maximum atomic E-state index is 13.9. The Morgan fingerprint density at radius 3 is 1.44 bits per heavy atom. The molecule has 4 nitrogen and oxygen atoms in total. The standard InChI is InChI=1S/C44H26F6N2O2/c1-25-4-6-27(7-5-25)28-8-12-31(13-9-28)34-21-36-37-22-35(32-14-10-29(11-15-32)30-16-18-33(19-17-30)53-43(45,46)47)41(54-44(48,49)50)23-39(37)42(40(24-51)52-3)38(36)20-26(34)2/h4-23H,1-2H3/b42-40+. The molecule has 0 aliphatic heterocycles. The van der Waals surface area contributed by atoms with Gasteiger partial charge in [-0.15, -0.1) is 26.3 Å². The molecular weight excluding hydrogens is 702 g/mol. The van der Waals surface area contributed by atoms with Crippen molar-refractivity contribution in [3.8, 4) is 73.2 Å². The summed E-state index contributed by atoms with van der Waals surface area (Å²) >= 11 is 0. The predicted octanol–water partition coefficient (Wildman–Crippen LogP) is 13.0. The van der Waals surface area contributed by atoms with E-state index < -0.39 is 18.5 Å². The van der Waals surface area contributed by atoms with Crippen molar-refractivity contribution in [3.63, 3.8) is 0 Å². The minimum atomic E-state index is -5.06. The van der Waals surface area contributed by atoms with E-state index >= 15 is 0 Å². The van der Waals surface area contributed by atoms with E-state index in [0.717, 1.165) is 33.4 Å². The molecule has 6 aromatic rings. The van der Waals surface area contributed by atoms with Crippen LogP contribution >= 0.6 is 0 Å². The van der Waals surface area contributed by atoms with E-state index in [0.29, 0.717) is 33.4 Å². The third kappa shape index (κ3) is 7.15. The van der Waals surface area contributed by atoms with Crippen LogP contribution in [-0.2, 0) is 0 Å². The highest BCUT2D eigenvalue weighted by molar-refractivity contribution is 6.06. The molecule has 0 unspecified atom stereocenters. The summed E-state index contributed by atoms with van der Waals surface area (Å²) in [5.74, 6) is -0.919. The smallest absolute Gasteiger partial charge is 0.406 e. The maximum absolute atomic E-state index is 13.9. The van der Waals surface area contributed by atoms with Crippen LogP contribution in [0.15, 0.2) is 127 Å². The molecule has 6 aromatic carbocycles. The lowest BCUT2D eigenvalue weighted by Gasteiger charge is -2.17. The van der Waals surface area contributed by atoms with Crippen LogP contribution in [-0.4, -0.2) is 12.7 Å². The van der Waals surface area contributed by atoms with Gasteiger partial charge in [0.25, 0.3) is 5.70 Å². The average Bonchev–Trinajstić information content (AvgIpc) is 3.42. The lowest BCUT2D eigenvalue weighted by Crippen LogP contribution is -2.17. The number of allylic oxidation sites excluding steroid dienone is 1. The van der Waals surface area contributed by atoms with Crippen LogP contribution in [0.2, 0.25) is 0 Å². The van der Waals surface area contributed by atoms with Crippen LogP contribution in [0.5, 0.6) is 11.5 Å². The number of halogens is 6. The Balaban J connectivity index is 1.34. The molecule has 0 heterocycles. The van der Waals surface area contributed by atoms with Gasteiger partial charge in [-0.05, 0) is 111 Å². The second-order valence-corrected chi connectivity index (χ2v) is 12.7. The largest absolute Gasteiger partial charge is 0.573 e. The number of rotatable bonds is 6. The summed E-state index contributed by atoms with van der Waals surface area (Å²) in [5.41, 5.74) is 9.36. The molecule has 0 spiro atoms. The predicted molar refractivity (Wildman–Crippen MR) is 195 cm³/mol. The maximum Gasteiger partial charge on any atom is 0.573 e. The van der Waals surface area contributed by atoms with E-state index in [4.69, 9.17) is 6.57 Å². The van der Waals surface area contributed by atoms with Crippen LogP contribution in [0.25, 0.3) is 66.1 Å². The fourth-order valence-electron chi connectivity index (χ4n) is 6.71. The molecule has 0 radical (unpaired) electrons. The molecule has 0 saturated heterocycles. The van der Waals surface area contributed by atoms with E-state index in [1.165, 1.54) is 30.3 Å². The van der Waals surface area contributed by atoms with E-state index in [-0.39, 0.29) is 28.1 Å². The van der Waals surface area contributed by atoms with Gasteiger partial charge in [0, 0.05) is 11.1 Å². The first-order valence-electron chi connectivity index (χ1n) is 16.5. The van der Waals surface area contributed by atoms with Crippen LogP contribution in [0.4, 0.5) is 26.3 Å². The van der Waals surface area contributed by atoms with Gasteiger partial charge in [0.1, 0.15) is 11.5 Å². The first-order chi connectivity index (χ1) is 25.7. The quantitative estimate of drug-likeness (QED) is 0.0973. The Kier molecular flexibility index (Phi) is 9.00. The van der Waals surface area contributed by atoms with Gasteiger partial charge in [-0.3, -0.25) is 0 Å². The lowest BCUT2D eigenvalue weighted by molar-refractivity contribution is -0.275. The molecule has 0 aromatic heterocycles. The molecule has 10 heteroatoms. The first kappa shape index (κ1) is 35.6. The average molecular weight is 729 g/mol. The minimum absolute atomic E-state index is 0.102. The number of ether oxygens (including phenoxy) is 2. The molecule has 0 atom stereocenters. The normalized spacial score (nSPS) is 13.0. The summed E-state index contributed by atoms with van der Waals surface area (Å²) in [7, 11) is 0. The van der Waals surface area contributed by atoms with Gasteiger partial charge >= 0.3 is 12.7 Å². The first-order valence-corrected chi connectivity index (χ1v) is 16.5. The monoisotopic (exact) mass is 728 g/mol. The van der Waals surface area contributed by atoms with Crippen LogP contribution < -0.4 is 9.47 Å². The Bertz CT molecular complexity index is 2500. The van der Waals surface area contributed by atoms with Crippen molar-refractivity contribution in [2.45, 2.75) is 26.6 Å². The number of nitrogens with zero attached hydrogens (tertiary/aromatic N) is 2. The molecular formula is C44H26F6N2O2. The fourth-order valence-corrected chi connectivity index (χ4v) is 6.71. The Morgan fingerprint density at radius 2 is 0.963 bits per heavy atom. The number of benzene rings is 6. The summed E-state index contributed by atoms with van der Waals surface area (Å²) in [6.07, 6.45) is -9.91. The van der Waals surface area contributed by atoms with Crippen molar-refractivity contribution in [1.82, 2.24) is 0 Å². The second-order valence-electron chi connectivity index (χ2n) is 12.7. The van der Waals surface area contributed by atoms with Gasteiger partial charge in [0.15, 0.2) is 0 Å². The number of alkyl halides is 6. The van der Waals surface area contributed by atoms with E-state index in [2.05, 4.69) is 26.5 Å². The lowest BCUT2D eigenvalue weighted by atomic mass is 9.92. The zero-order valence-electron chi connectivity index (χ0n) is 28.5. The molecule has 1 aliphatic rings. The highest BCUT2D eigenvalue weighted by atomic mass is 19.4. The van der Waals surface area contributed by atoms with Gasteiger partial charge in [-0.25, -0.2) is 10.1 Å². The highest BCUT2D eigenvalue weighted by Crippen LogP contribution is 2.52. The number of hydrogen-bond acceptors (Lipinski definition) is 3. The fraction of sp³-hybridized carbons (Fsp3) is 0.0909. The van der Waals surface area contributed by atoms with Crippen LogP contribution in [0.1, 0.15) is 22.3 Å².